The maximum Gasteiger partial charge on any atom is 0.165 e. The molecule has 0 saturated carbocycles. The van der Waals surface area contributed by atoms with Crippen molar-refractivity contribution in [1.29, 1.82) is 0 Å². The van der Waals surface area contributed by atoms with E-state index in [1.807, 2.05) is 0 Å². The van der Waals surface area contributed by atoms with Gasteiger partial charge >= 0.3 is 0 Å². The predicted molar refractivity (Wildman–Crippen MR) is 62.4 cm³/mol. The molecule has 1 heterocycles. The molecule has 0 spiro atoms. The van der Waals surface area contributed by atoms with Crippen LogP contribution in [0.3, 0.4) is 0 Å². The minimum Gasteiger partial charge on any atom is -0.382 e. The van der Waals surface area contributed by atoms with Crippen molar-refractivity contribution in [3.05, 3.63) is 63.9 Å². The Balaban J connectivity index is 2.48. The van der Waals surface area contributed by atoms with E-state index in [1.165, 1.54) is 18.3 Å². The van der Waals surface area contributed by atoms with Crippen molar-refractivity contribution >= 4 is 15.9 Å². The highest BCUT2D eigenvalue weighted by Gasteiger charge is 2.20. The Bertz CT molecular complexity index is 548. The molecule has 88 valence electrons. The van der Waals surface area contributed by atoms with Crippen molar-refractivity contribution in [2.45, 2.75) is 6.10 Å². The maximum atomic E-state index is 13.5. The normalized spacial score (nSPS) is 12.5. The van der Waals surface area contributed by atoms with Crippen LogP contribution in [0.1, 0.15) is 17.4 Å². The number of hydrogen-bond acceptors (Lipinski definition) is 2. The monoisotopic (exact) mass is 299 g/mol. The van der Waals surface area contributed by atoms with E-state index in [9.17, 15) is 13.9 Å². The Hall–Kier alpha value is -1.33. The molecule has 2 rings (SSSR count). The second-order valence-corrected chi connectivity index (χ2v) is 4.27. The van der Waals surface area contributed by atoms with Gasteiger partial charge in [-0.3, -0.25) is 4.98 Å². The molecular formula is C12H8BrF2NO. The number of aliphatic hydroxyl groups is 1. The Morgan fingerprint density at radius 2 is 1.94 bits per heavy atom. The molecule has 0 radical (unpaired) electrons. The molecule has 0 saturated heterocycles. The molecule has 1 aromatic heterocycles. The molecule has 0 fully saturated rings. The van der Waals surface area contributed by atoms with Gasteiger partial charge in [0.1, 0.15) is 6.10 Å². The van der Waals surface area contributed by atoms with Gasteiger partial charge in [-0.2, -0.15) is 0 Å². The number of benzene rings is 1. The van der Waals surface area contributed by atoms with Gasteiger partial charge in [-0.1, -0.05) is 12.1 Å². The van der Waals surface area contributed by atoms with Crippen LogP contribution in [0.15, 0.2) is 41.0 Å². The molecule has 0 bridgehead atoms. The maximum absolute atomic E-state index is 13.5. The minimum atomic E-state index is -1.30. The third kappa shape index (κ3) is 2.35. The Kier molecular flexibility index (Phi) is 3.49. The average molecular weight is 300 g/mol. The molecule has 1 unspecified atom stereocenters. The van der Waals surface area contributed by atoms with E-state index in [1.54, 1.807) is 12.1 Å². The summed E-state index contributed by atoms with van der Waals surface area (Å²) in [6, 6.07) is 7.00. The van der Waals surface area contributed by atoms with Crippen molar-refractivity contribution in [3.8, 4) is 0 Å². The fraction of sp³-hybridized carbons (Fsp3) is 0.0833. The summed E-state index contributed by atoms with van der Waals surface area (Å²) < 4.78 is 27.1. The second-order valence-electron chi connectivity index (χ2n) is 3.42. The molecule has 0 aliphatic rings. The van der Waals surface area contributed by atoms with Gasteiger partial charge in [-0.15, -0.1) is 0 Å². The highest BCUT2D eigenvalue weighted by atomic mass is 79.9. The summed E-state index contributed by atoms with van der Waals surface area (Å²) in [5.74, 6) is -2.05. The number of aromatic nitrogens is 1. The van der Waals surface area contributed by atoms with Crippen molar-refractivity contribution < 1.29 is 13.9 Å². The first kappa shape index (κ1) is 12.1. The largest absolute Gasteiger partial charge is 0.382 e. The van der Waals surface area contributed by atoms with Gasteiger partial charge in [-0.05, 0) is 34.1 Å². The summed E-state index contributed by atoms with van der Waals surface area (Å²) in [6.07, 6.45) is 0.168. The second kappa shape index (κ2) is 4.89. The zero-order valence-corrected chi connectivity index (χ0v) is 10.2. The van der Waals surface area contributed by atoms with Gasteiger partial charge in [0.2, 0.25) is 0 Å². The third-order valence-corrected chi connectivity index (χ3v) is 2.99. The van der Waals surface area contributed by atoms with Crippen LogP contribution in [0.25, 0.3) is 0 Å². The standard InChI is InChI=1S/C12H8BrF2NO/c13-8-4-2-6-16-11(8)12(17)7-3-1-5-9(14)10(7)15/h1-6,12,17H. The van der Waals surface area contributed by atoms with Crippen molar-refractivity contribution in [2.75, 3.05) is 0 Å². The van der Waals surface area contributed by atoms with Gasteiger partial charge in [0, 0.05) is 16.2 Å². The van der Waals surface area contributed by atoms with Crippen LogP contribution in [0.5, 0.6) is 0 Å². The fourth-order valence-electron chi connectivity index (χ4n) is 1.48. The fourth-order valence-corrected chi connectivity index (χ4v) is 1.95. The van der Waals surface area contributed by atoms with E-state index in [-0.39, 0.29) is 11.3 Å². The highest BCUT2D eigenvalue weighted by Crippen LogP contribution is 2.28. The van der Waals surface area contributed by atoms with Gasteiger partial charge in [-0.25, -0.2) is 8.78 Å². The molecule has 0 amide bonds. The quantitative estimate of drug-likeness (QED) is 0.924. The molecule has 2 aromatic rings. The zero-order chi connectivity index (χ0) is 12.4. The van der Waals surface area contributed by atoms with E-state index >= 15 is 0 Å². The molecule has 17 heavy (non-hydrogen) atoms. The summed E-state index contributed by atoms with van der Waals surface area (Å²) in [5, 5.41) is 9.98. The average Bonchev–Trinajstić information content (AvgIpc) is 2.32. The molecule has 2 nitrogen and oxygen atoms in total. The number of pyridine rings is 1. The highest BCUT2D eigenvalue weighted by molar-refractivity contribution is 9.10. The summed E-state index contributed by atoms with van der Waals surface area (Å²) in [7, 11) is 0. The SMILES string of the molecule is OC(c1cccc(F)c1F)c1ncccc1Br. The van der Waals surface area contributed by atoms with E-state index in [2.05, 4.69) is 20.9 Å². The topological polar surface area (TPSA) is 33.1 Å². The van der Waals surface area contributed by atoms with Crippen molar-refractivity contribution in [1.82, 2.24) is 4.98 Å². The lowest BCUT2D eigenvalue weighted by atomic mass is 10.1. The third-order valence-electron chi connectivity index (χ3n) is 2.32. The Labute approximate surface area is 105 Å². The lowest BCUT2D eigenvalue weighted by molar-refractivity contribution is 0.207. The number of rotatable bonds is 2. The summed E-state index contributed by atoms with van der Waals surface area (Å²) in [5.41, 5.74) is 0.112. The number of hydrogen-bond donors (Lipinski definition) is 1. The van der Waals surface area contributed by atoms with Crippen molar-refractivity contribution in [2.24, 2.45) is 0 Å². The van der Waals surface area contributed by atoms with E-state index < -0.39 is 17.7 Å². The van der Waals surface area contributed by atoms with Gasteiger partial charge < -0.3 is 5.11 Å². The zero-order valence-electron chi connectivity index (χ0n) is 8.57. The van der Waals surface area contributed by atoms with Gasteiger partial charge in [0.15, 0.2) is 11.6 Å². The molecule has 1 aromatic carbocycles. The lowest BCUT2D eigenvalue weighted by Gasteiger charge is -2.12. The molecule has 0 aliphatic carbocycles. The molecule has 1 N–H and O–H groups in total. The molecule has 5 heteroatoms. The van der Waals surface area contributed by atoms with Crippen LogP contribution < -0.4 is 0 Å². The molecule has 0 aliphatic heterocycles. The first-order valence-corrected chi connectivity index (χ1v) is 5.63. The smallest absolute Gasteiger partial charge is 0.165 e. The van der Waals surface area contributed by atoms with Crippen LogP contribution in [0.2, 0.25) is 0 Å². The minimum absolute atomic E-state index is 0.135. The Morgan fingerprint density at radius 1 is 1.18 bits per heavy atom. The van der Waals surface area contributed by atoms with E-state index in [0.29, 0.717) is 4.47 Å². The first-order chi connectivity index (χ1) is 8.11. The number of nitrogens with zero attached hydrogens (tertiary/aromatic N) is 1. The molecule has 1 atom stereocenters. The van der Waals surface area contributed by atoms with E-state index in [0.717, 1.165) is 6.07 Å². The van der Waals surface area contributed by atoms with Crippen LogP contribution in [0.4, 0.5) is 8.78 Å². The van der Waals surface area contributed by atoms with Crippen LogP contribution >= 0.6 is 15.9 Å². The van der Waals surface area contributed by atoms with Crippen LogP contribution in [-0.2, 0) is 0 Å². The van der Waals surface area contributed by atoms with Crippen molar-refractivity contribution in [3.63, 3.8) is 0 Å². The van der Waals surface area contributed by atoms with Gasteiger partial charge in [0.25, 0.3) is 0 Å². The number of halogens is 3. The van der Waals surface area contributed by atoms with E-state index in [4.69, 9.17) is 0 Å². The lowest BCUT2D eigenvalue weighted by Crippen LogP contribution is -2.06. The molecular weight excluding hydrogens is 292 g/mol. The Morgan fingerprint density at radius 3 is 2.65 bits per heavy atom. The van der Waals surface area contributed by atoms with Crippen LogP contribution in [-0.4, -0.2) is 10.1 Å². The number of aliphatic hydroxyl groups excluding tert-OH is 1. The van der Waals surface area contributed by atoms with Crippen LogP contribution in [0, 0.1) is 11.6 Å². The summed E-state index contributed by atoms with van der Waals surface area (Å²) in [6.45, 7) is 0. The summed E-state index contributed by atoms with van der Waals surface area (Å²) in [4.78, 5) is 3.94. The predicted octanol–water partition coefficient (Wildman–Crippen LogP) is 3.20. The van der Waals surface area contributed by atoms with Gasteiger partial charge in [0.05, 0.1) is 5.69 Å². The summed E-state index contributed by atoms with van der Waals surface area (Å²) >= 11 is 3.20. The first-order valence-electron chi connectivity index (χ1n) is 4.83.